The van der Waals surface area contributed by atoms with E-state index in [2.05, 4.69) is 0 Å². The molecule has 5 heteroatoms. The molecule has 1 saturated heterocycles. The van der Waals surface area contributed by atoms with E-state index in [0.717, 1.165) is 38.5 Å². The van der Waals surface area contributed by atoms with Crippen LogP contribution >= 0.6 is 0 Å². The van der Waals surface area contributed by atoms with Gasteiger partial charge in [-0.25, -0.2) is 0 Å². The molecule has 0 aromatic heterocycles. The molecule has 1 N–H and O–H groups in total. The summed E-state index contributed by atoms with van der Waals surface area (Å²) in [6.45, 7) is 0.456. The van der Waals surface area contributed by atoms with Gasteiger partial charge in [0.2, 0.25) is 0 Å². The molecule has 0 amide bonds. The van der Waals surface area contributed by atoms with Crippen molar-refractivity contribution in [3.63, 3.8) is 0 Å². The van der Waals surface area contributed by atoms with Crippen LogP contribution < -0.4 is 0 Å². The summed E-state index contributed by atoms with van der Waals surface area (Å²) < 4.78 is 10.7. The molecular formula is C14H22O5. The number of esters is 1. The number of aliphatic carboxylic acids is 1. The van der Waals surface area contributed by atoms with E-state index in [4.69, 9.17) is 14.6 Å². The Morgan fingerprint density at radius 2 is 1.89 bits per heavy atom. The zero-order valence-electron chi connectivity index (χ0n) is 11.2. The first kappa shape index (κ1) is 14.3. The first-order valence-electron chi connectivity index (χ1n) is 7.20. The fourth-order valence-electron chi connectivity index (χ4n) is 2.64. The number of hydrogen-bond donors (Lipinski definition) is 1. The molecule has 0 spiro atoms. The zero-order valence-corrected chi connectivity index (χ0v) is 11.2. The summed E-state index contributed by atoms with van der Waals surface area (Å²) in [5, 5.41) is 8.48. The second-order valence-corrected chi connectivity index (χ2v) is 5.45. The van der Waals surface area contributed by atoms with Gasteiger partial charge in [0.1, 0.15) is 0 Å². The van der Waals surface area contributed by atoms with E-state index in [1.807, 2.05) is 0 Å². The molecule has 108 valence electrons. The molecule has 5 nitrogen and oxygen atoms in total. The van der Waals surface area contributed by atoms with Crippen molar-refractivity contribution in [3.8, 4) is 0 Å². The van der Waals surface area contributed by atoms with Gasteiger partial charge in [0.25, 0.3) is 0 Å². The molecule has 0 aromatic carbocycles. The molecule has 2 aliphatic rings. The number of fused-ring (bicyclic) bond motifs is 1. The molecule has 2 fully saturated rings. The summed E-state index contributed by atoms with van der Waals surface area (Å²) >= 11 is 0. The van der Waals surface area contributed by atoms with Crippen molar-refractivity contribution in [1.82, 2.24) is 0 Å². The summed E-state index contributed by atoms with van der Waals surface area (Å²) in [6.07, 6.45) is 6.96. The molecular weight excluding hydrogens is 248 g/mol. The van der Waals surface area contributed by atoms with Gasteiger partial charge in [-0.15, -0.1) is 0 Å². The van der Waals surface area contributed by atoms with Gasteiger partial charge in [0.05, 0.1) is 24.7 Å². The van der Waals surface area contributed by atoms with Crippen LogP contribution in [0.4, 0.5) is 0 Å². The van der Waals surface area contributed by atoms with Crippen LogP contribution in [-0.4, -0.2) is 35.9 Å². The molecule has 0 radical (unpaired) electrons. The Kier molecular flexibility index (Phi) is 5.19. The fraction of sp³-hybridized carbons (Fsp3) is 0.857. The van der Waals surface area contributed by atoms with Crippen LogP contribution in [0.5, 0.6) is 0 Å². The molecule has 1 aliphatic heterocycles. The minimum Gasteiger partial charge on any atom is -0.481 e. The maximum atomic E-state index is 11.8. The molecule has 0 aromatic rings. The highest BCUT2D eigenvalue weighted by Gasteiger charge is 2.46. The standard InChI is InChI=1S/C14H22O5/c15-13(16)5-3-1-2-4-8-18-14(17)10-6-7-11-12(9-10)19-11/h10-12H,1-9H2,(H,15,16). The maximum Gasteiger partial charge on any atom is 0.309 e. The maximum absolute atomic E-state index is 11.8. The number of ether oxygens (including phenoxy) is 2. The van der Waals surface area contributed by atoms with Crippen LogP contribution in [-0.2, 0) is 19.1 Å². The number of carbonyl (C=O) groups is 2. The van der Waals surface area contributed by atoms with Crippen LogP contribution in [0, 0.1) is 5.92 Å². The Labute approximate surface area is 113 Å². The molecule has 1 aliphatic carbocycles. The first-order chi connectivity index (χ1) is 9.16. The smallest absolute Gasteiger partial charge is 0.309 e. The largest absolute Gasteiger partial charge is 0.481 e. The predicted molar refractivity (Wildman–Crippen MR) is 67.7 cm³/mol. The third-order valence-corrected chi connectivity index (χ3v) is 3.87. The first-order valence-corrected chi connectivity index (χ1v) is 7.20. The molecule has 0 bridgehead atoms. The van der Waals surface area contributed by atoms with E-state index in [-0.39, 0.29) is 18.3 Å². The summed E-state index contributed by atoms with van der Waals surface area (Å²) in [4.78, 5) is 22.1. The average Bonchev–Trinajstić information content (AvgIpc) is 3.15. The van der Waals surface area contributed by atoms with Crippen LogP contribution in [0.3, 0.4) is 0 Å². The lowest BCUT2D eigenvalue weighted by molar-refractivity contribution is -0.149. The highest BCUT2D eigenvalue weighted by atomic mass is 16.6. The Morgan fingerprint density at radius 1 is 1.11 bits per heavy atom. The second-order valence-electron chi connectivity index (χ2n) is 5.45. The monoisotopic (exact) mass is 270 g/mol. The SMILES string of the molecule is O=C(O)CCCCCCOC(=O)C1CCC2OC2C1. The van der Waals surface area contributed by atoms with E-state index in [1.165, 1.54) is 0 Å². The van der Waals surface area contributed by atoms with Gasteiger partial charge in [-0.3, -0.25) is 9.59 Å². The lowest BCUT2D eigenvalue weighted by Crippen LogP contribution is -2.24. The van der Waals surface area contributed by atoms with Crippen molar-refractivity contribution in [1.29, 1.82) is 0 Å². The summed E-state index contributed by atoms with van der Waals surface area (Å²) in [5.74, 6) is -0.806. The van der Waals surface area contributed by atoms with Gasteiger partial charge in [-0.2, -0.15) is 0 Å². The highest BCUT2D eigenvalue weighted by Crippen LogP contribution is 2.39. The van der Waals surface area contributed by atoms with Gasteiger partial charge in [-0.05, 0) is 32.1 Å². The number of unbranched alkanes of at least 4 members (excludes halogenated alkanes) is 3. The topological polar surface area (TPSA) is 76.1 Å². The minimum absolute atomic E-state index is 0.0239. The van der Waals surface area contributed by atoms with Crippen molar-refractivity contribution < 1.29 is 24.2 Å². The lowest BCUT2D eigenvalue weighted by Gasteiger charge is -2.17. The van der Waals surface area contributed by atoms with Crippen LogP contribution in [0.1, 0.15) is 51.4 Å². The van der Waals surface area contributed by atoms with E-state index in [1.54, 1.807) is 0 Å². The number of hydrogen-bond acceptors (Lipinski definition) is 4. The van der Waals surface area contributed by atoms with Crippen LogP contribution in [0.2, 0.25) is 0 Å². The van der Waals surface area contributed by atoms with Crippen molar-refractivity contribution in [2.45, 2.75) is 63.6 Å². The van der Waals surface area contributed by atoms with E-state index in [0.29, 0.717) is 25.2 Å². The van der Waals surface area contributed by atoms with Gasteiger partial charge in [-0.1, -0.05) is 12.8 Å². The molecule has 19 heavy (non-hydrogen) atoms. The molecule has 3 unspecified atom stereocenters. The molecule has 1 heterocycles. The number of carbonyl (C=O) groups excluding carboxylic acids is 1. The molecule has 2 rings (SSSR count). The number of rotatable bonds is 8. The van der Waals surface area contributed by atoms with Gasteiger partial charge in [0, 0.05) is 6.42 Å². The highest BCUT2D eigenvalue weighted by molar-refractivity contribution is 5.72. The average molecular weight is 270 g/mol. The predicted octanol–water partition coefficient (Wildman–Crippen LogP) is 2.13. The quantitative estimate of drug-likeness (QED) is 0.415. The summed E-state index contributed by atoms with van der Waals surface area (Å²) in [7, 11) is 0. The number of carboxylic acid groups (broad SMARTS) is 1. The second kappa shape index (κ2) is 6.89. The summed E-state index contributed by atoms with van der Waals surface area (Å²) in [6, 6.07) is 0. The van der Waals surface area contributed by atoms with Crippen molar-refractivity contribution in [2.75, 3.05) is 6.61 Å². The fourth-order valence-corrected chi connectivity index (χ4v) is 2.64. The van der Waals surface area contributed by atoms with Crippen LogP contribution in [0.25, 0.3) is 0 Å². The van der Waals surface area contributed by atoms with Crippen molar-refractivity contribution >= 4 is 11.9 Å². The van der Waals surface area contributed by atoms with Crippen LogP contribution in [0.15, 0.2) is 0 Å². The normalized spacial score (nSPS) is 28.5. The third kappa shape index (κ3) is 4.82. The van der Waals surface area contributed by atoms with Gasteiger partial charge >= 0.3 is 11.9 Å². The zero-order chi connectivity index (χ0) is 13.7. The van der Waals surface area contributed by atoms with E-state index < -0.39 is 5.97 Å². The summed E-state index contributed by atoms with van der Waals surface area (Å²) in [5.41, 5.74) is 0. The number of epoxide rings is 1. The Morgan fingerprint density at radius 3 is 2.63 bits per heavy atom. The molecule has 1 saturated carbocycles. The van der Waals surface area contributed by atoms with Crippen molar-refractivity contribution in [3.05, 3.63) is 0 Å². The van der Waals surface area contributed by atoms with Crippen molar-refractivity contribution in [2.24, 2.45) is 5.92 Å². The van der Waals surface area contributed by atoms with Gasteiger partial charge in [0.15, 0.2) is 0 Å². The van der Waals surface area contributed by atoms with E-state index >= 15 is 0 Å². The Bertz CT molecular complexity index is 328. The minimum atomic E-state index is -0.746. The lowest BCUT2D eigenvalue weighted by atomic mass is 9.89. The molecule has 3 atom stereocenters. The third-order valence-electron chi connectivity index (χ3n) is 3.87. The van der Waals surface area contributed by atoms with Gasteiger partial charge < -0.3 is 14.6 Å². The number of carboxylic acids is 1. The Balaban J connectivity index is 1.46. The van der Waals surface area contributed by atoms with E-state index in [9.17, 15) is 9.59 Å². The Hall–Kier alpha value is -1.10.